The number of carbonyl (C=O) groups excluding carboxylic acids is 4. The zero-order valence-electron chi connectivity index (χ0n) is 12.0. The van der Waals surface area contributed by atoms with Crippen LogP contribution in [0.2, 0.25) is 0 Å². The summed E-state index contributed by atoms with van der Waals surface area (Å²) in [4.78, 5) is 44.1. The van der Waals surface area contributed by atoms with E-state index < -0.39 is 44.6 Å². The summed E-state index contributed by atoms with van der Waals surface area (Å²) in [5.74, 6) is -5.38. The minimum atomic E-state index is -5.43. The van der Waals surface area contributed by atoms with Crippen LogP contribution in [0.25, 0.3) is 0 Å². The lowest BCUT2D eigenvalue weighted by Crippen LogP contribution is -2.65. The van der Waals surface area contributed by atoms with Crippen LogP contribution in [0.3, 0.4) is 0 Å². The molecule has 0 fully saturated rings. The van der Waals surface area contributed by atoms with Gasteiger partial charge in [0, 0.05) is 27.7 Å². The number of rotatable bonds is 5. The summed E-state index contributed by atoms with van der Waals surface area (Å²) in [5, 5.41) is 0. The Balaban J connectivity index is 6.09. The third-order valence-electron chi connectivity index (χ3n) is 1.76. The van der Waals surface area contributed by atoms with E-state index in [1.54, 1.807) is 0 Å². The second kappa shape index (κ2) is 7.24. The van der Waals surface area contributed by atoms with E-state index in [1.165, 1.54) is 0 Å². The van der Waals surface area contributed by atoms with E-state index in [-0.39, 0.29) is 0 Å². The summed E-state index contributed by atoms with van der Waals surface area (Å²) >= 11 is 0. The maximum atomic E-state index is 13.1. The molecule has 0 aromatic rings. The van der Waals surface area contributed by atoms with Crippen LogP contribution in [0.15, 0.2) is 0 Å². The Hall–Kier alpha value is -2.11. The summed E-state index contributed by atoms with van der Waals surface area (Å²) < 4.78 is 56.5. The van der Waals surface area contributed by atoms with Gasteiger partial charge in [-0.3, -0.25) is 19.2 Å². The van der Waals surface area contributed by atoms with Crippen LogP contribution in [0.5, 0.6) is 0 Å². The molecular weight excluding hydrogens is 333 g/mol. The first kappa shape index (κ1) is 19.9. The summed E-state index contributed by atoms with van der Waals surface area (Å²) in [7, 11) is -5.43. The number of hydrogen-bond acceptors (Lipinski definition) is 8. The summed E-state index contributed by atoms with van der Waals surface area (Å²) in [6.45, 7) is 2.76. The first-order chi connectivity index (χ1) is 9.80. The highest BCUT2D eigenvalue weighted by Crippen LogP contribution is 2.33. The first-order valence-electron chi connectivity index (χ1n) is 5.63. The fourth-order valence-electron chi connectivity index (χ4n) is 1.33. The van der Waals surface area contributed by atoms with Gasteiger partial charge < -0.3 is 18.0 Å². The molecule has 0 saturated heterocycles. The van der Waals surface area contributed by atoms with Crippen molar-refractivity contribution in [3.05, 3.63) is 0 Å². The normalized spacial score (nSPS) is 12.9. The van der Waals surface area contributed by atoms with E-state index in [2.05, 4.69) is 18.0 Å². The fourth-order valence-corrected chi connectivity index (χ4v) is 3.69. The summed E-state index contributed by atoms with van der Waals surface area (Å²) in [6, 6.07) is 0. The lowest BCUT2D eigenvalue weighted by molar-refractivity contribution is -0.215. The van der Waals surface area contributed by atoms with Crippen LogP contribution in [-0.2, 0) is 37.2 Å². The van der Waals surface area contributed by atoms with Crippen LogP contribution in [0, 0.1) is 0 Å². The molecule has 1 unspecified atom stereocenters. The molecule has 0 aromatic carbocycles. The molecule has 0 amide bonds. The average Bonchev–Trinajstić information content (AvgIpc) is 2.20. The Kier molecular flexibility index (Phi) is 6.55. The van der Waals surface area contributed by atoms with E-state index >= 15 is 0 Å². The lowest BCUT2D eigenvalue weighted by Gasteiger charge is -2.32. The smallest absolute Gasteiger partial charge is 0.453 e. The van der Waals surface area contributed by atoms with Crippen molar-refractivity contribution in [2.24, 2.45) is 0 Å². The van der Waals surface area contributed by atoms with Gasteiger partial charge in [-0.2, -0.15) is 13.2 Å². The predicted molar refractivity (Wildman–Crippen MR) is 62.7 cm³/mol. The number of halogens is 3. The third-order valence-corrected chi connectivity index (χ3v) is 4.56. The Labute approximate surface area is 123 Å². The summed E-state index contributed by atoms with van der Waals surface area (Å²) in [5.41, 5.74) is -3.23. The van der Waals surface area contributed by atoms with Crippen LogP contribution >= 0.6 is 0 Å². The van der Waals surface area contributed by atoms with Gasteiger partial charge in [0.2, 0.25) is 0 Å². The van der Waals surface area contributed by atoms with Crippen molar-refractivity contribution in [2.75, 3.05) is 0 Å². The van der Waals surface area contributed by atoms with Crippen molar-refractivity contribution >= 4 is 32.7 Å². The molecule has 1 atom stereocenters. The zero-order valence-corrected chi connectivity index (χ0v) is 13.0. The van der Waals surface area contributed by atoms with Gasteiger partial charge >= 0.3 is 26.7 Å². The molecule has 0 heterocycles. The molecule has 0 rings (SSSR count). The molecule has 22 heavy (non-hydrogen) atoms. The second-order valence-electron chi connectivity index (χ2n) is 3.92. The van der Waals surface area contributed by atoms with Crippen molar-refractivity contribution in [3.8, 4) is 0 Å². The molecular formula is C10H13F3O8Si. The molecule has 0 N–H and O–H groups in total. The molecule has 8 nitrogen and oxygen atoms in total. The first-order valence-corrected chi connectivity index (χ1v) is 7.43. The van der Waals surface area contributed by atoms with Gasteiger partial charge in [-0.15, -0.1) is 0 Å². The van der Waals surface area contributed by atoms with Crippen molar-refractivity contribution in [2.45, 2.75) is 39.6 Å². The van der Waals surface area contributed by atoms with Crippen LogP contribution in [0.4, 0.5) is 13.2 Å². The Morgan fingerprint density at radius 3 is 1.27 bits per heavy atom. The molecule has 12 heteroatoms. The minimum absolute atomic E-state index is 0.646. The van der Waals surface area contributed by atoms with Crippen LogP contribution in [-0.4, -0.2) is 44.6 Å². The number of ether oxygens (including phenoxy) is 1. The van der Waals surface area contributed by atoms with Gasteiger partial charge in [-0.05, 0) is 0 Å². The highest BCUT2D eigenvalue weighted by molar-refractivity contribution is 6.67. The highest BCUT2D eigenvalue weighted by atomic mass is 28.4. The lowest BCUT2D eigenvalue weighted by atomic mass is 10.7. The molecule has 0 saturated carbocycles. The molecule has 126 valence electrons. The molecule has 0 aliphatic rings. The molecule has 0 spiro atoms. The van der Waals surface area contributed by atoms with Gasteiger partial charge in [0.05, 0.1) is 0 Å². The molecule has 0 bridgehead atoms. The van der Waals surface area contributed by atoms with Crippen molar-refractivity contribution in [1.82, 2.24) is 0 Å². The van der Waals surface area contributed by atoms with Crippen molar-refractivity contribution in [3.63, 3.8) is 0 Å². The number of hydrogen-bond donors (Lipinski definition) is 0. The Bertz CT molecular complexity index is 434. The fraction of sp³-hybridized carbons (Fsp3) is 0.600. The predicted octanol–water partition coefficient (Wildman–Crippen LogP) is 0.648. The number of esters is 1. The third kappa shape index (κ3) is 6.11. The molecule has 0 aliphatic heterocycles. The monoisotopic (exact) mass is 346 g/mol. The Morgan fingerprint density at radius 1 is 0.773 bits per heavy atom. The van der Waals surface area contributed by atoms with Gasteiger partial charge in [-0.25, -0.2) is 0 Å². The van der Waals surface area contributed by atoms with E-state index in [0.29, 0.717) is 27.7 Å². The van der Waals surface area contributed by atoms with E-state index in [9.17, 15) is 32.3 Å². The highest BCUT2D eigenvalue weighted by Gasteiger charge is 2.72. The van der Waals surface area contributed by atoms with Gasteiger partial charge in [-0.1, -0.05) is 0 Å². The average molecular weight is 346 g/mol. The maximum absolute atomic E-state index is 13.1. The molecule has 0 aromatic heterocycles. The quantitative estimate of drug-likeness (QED) is 0.528. The molecule has 0 aliphatic carbocycles. The standard InChI is InChI=1S/C10H13F3O8Si/c1-5(14)18-9(10(11,12)13)22(19-6(2)15,20-7(3)16)21-8(4)17/h9H,1-4H3. The van der Waals surface area contributed by atoms with Gasteiger partial charge in [0.15, 0.2) is 0 Å². The van der Waals surface area contributed by atoms with Crippen LogP contribution in [0.1, 0.15) is 27.7 Å². The van der Waals surface area contributed by atoms with Crippen LogP contribution < -0.4 is 0 Å². The van der Waals surface area contributed by atoms with E-state index in [4.69, 9.17) is 0 Å². The zero-order chi connectivity index (χ0) is 17.7. The second-order valence-corrected chi connectivity index (χ2v) is 6.26. The maximum Gasteiger partial charge on any atom is 0.758 e. The Morgan fingerprint density at radius 2 is 1.09 bits per heavy atom. The van der Waals surface area contributed by atoms with E-state index in [0.717, 1.165) is 0 Å². The number of carbonyl (C=O) groups is 4. The SMILES string of the molecule is CC(=O)OC(C(F)(F)F)[Si](OC(C)=O)(OC(C)=O)OC(C)=O. The topological polar surface area (TPSA) is 105 Å². The van der Waals surface area contributed by atoms with Gasteiger partial charge in [0.25, 0.3) is 17.9 Å². The minimum Gasteiger partial charge on any atom is -0.453 e. The number of alkyl halides is 3. The van der Waals surface area contributed by atoms with Crippen molar-refractivity contribution < 1.29 is 50.4 Å². The molecule has 0 radical (unpaired) electrons. The largest absolute Gasteiger partial charge is 0.758 e. The summed E-state index contributed by atoms with van der Waals surface area (Å²) in [6.07, 6.45) is -5.32. The van der Waals surface area contributed by atoms with Gasteiger partial charge in [0.1, 0.15) is 0 Å². The van der Waals surface area contributed by atoms with Crippen molar-refractivity contribution in [1.29, 1.82) is 0 Å². The van der Waals surface area contributed by atoms with E-state index in [1.807, 2.05) is 0 Å².